The van der Waals surface area contributed by atoms with E-state index < -0.39 is 0 Å². The van der Waals surface area contributed by atoms with Crippen molar-refractivity contribution in [3.63, 3.8) is 0 Å². The minimum absolute atomic E-state index is 0.635. The first-order valence-corrected chi connectivity index (χ1v) is 6.04. The van der Waals surface area contributed by atoms with E-state index in [0.717, 1.165) is 27.6 Å². The lowest BCUT2D eigenvalue weighted by atomic mass is 10.2. The molecule has 1 rings (SSSR count). The Labute approximate surface area is 95.7 Å². The van der Waals surface area contributed by atoms with Gasteiger partial charge >= 0.3 is 0 Å². The Morgan fingerprint density at radius 3 is 2.67 bits per heavy atom. The second-order valence-corrected chi connectivity index (χ2v) is 5.10. The van der Waals surface area contributed by atoms with Crippen molar-refractivity contribution in [1.82, 2.24) is 4.98 Å². The first kappa shape index (κ1) is 12.1. The van der Waals surface area contributed by atoms with Crippen molar-refractivity contribution in [2.75, 3.05) is 5.75 Å². The average Bonchev–Trinajstić information content (AvgIpc) is 2.13. The quantitative estimate of drug-likeness (QED) is 0.733. The minimum atomic E-state index is 0.635. The van der Waals surface area contributed by atoms with Gasteiger partial charge in [0.2, 0.25) is 0 Å². The minimum Gasteiger partial charge on any atom is -0.257 e. The molecule has 0 radical (unpaired) electrons. The maximum Gasteiger partial charge on any atom is 0.102 e. The lowest BCUT2D eigenvalue weighted by Crippen LogP contribution is -1.97. The van der Waals surface area contributed by atoms with Gasteiger partial charge in [-0.15, -0.1) is 11.8 Å². The Morgan fingerprint density at radius 2 is 2.13 bits per heavy atom. The van der Waals surface area contributed by atoms with Crippen LogP contribution < -0.4 is 0 Å². The van der Waals surface area contributed by atoms with Crippen molar-refractivity contribution in [2.45, 2.75) is 32.6 Å². The zero-order chi connectivity index (χ0) is 11.4. The number of nitrogens with zero attached hydrogens (tertiary/aromatic N) is 2. The molecule has 1 aromatic heterocycles. The van der Waals surface area contributed by atoms with Gasteiger partial charge in [0.15, 0.2) is 0 Å². The highest BCUT2D eigenvalue weighted by atomic mass is 32.2. The fraction of sp³-hybridized carbons (Fsp3) is 0.500. The molecule has 0 saturated heterocycles. The summed E-state index contributed by atoms with van der Waals surface area (Å²) in [5.41, 5.74) is 2.55. The summed E-state index contributed by atoms with van der Waals surface area (Å²) in [6.07, 6.45) is 0. The van der Waals surface area contributed by atoms with Crippen molar-refractivity contribution >= 4 is 11.8 Å². The monoisotopic (exact) mass is 220 g/mol. The van der Waals surface area contributed by atoms with Gasteiger partial charge in [0, 0.05) is 16.3 Å². The molecule has 80 valence electrons. The van der Waals surface area contributed by atoms with Crippen LogP contribution in [0.5, 0.6) is 0 Å². The molecule has 0 saturated carbocycles. The van der Waals surface area contributed by atoms with Crippen molar-refractivity contribution in [3.05, 3.63) is 23.0 Å². The summed E-state index contributed by atoms with van der Waals surface area (Å²) in [6.45, 7) is 8.22. The molecule has 0 N–H and O–H groups in total. The largest absolute Gasteiger partial charge is 0.257 e. The maximum atomic E-state index is 9.05. The third kappa shape index (κ3) is 3.24. The van der Waals surface area contributed by atoms with E-state index in [1.54, 1.807) is 11.8 Å². The number of hydrogen-bond acceptors (Lipinski definition) is 3. The van der Waals surface area contributed by atoms with Gasteiger partial charge in [0.05, 0.1) is 11.3 Å². The molecule has 0 spiro atoms. The molecule has 0 aliphatic rings. The SMILES string of the molecule is Cc1cc(SCC(C)C)c(C#N)c(C)n1. The number of thioether (sulfide) groups is 1. The number of hydrogen-bond donors (Lipinski definition) is 0. The van der Waals surface area contributed by atoms with Crippen LogP contribution in [0.15, 0.2) is 11.0 Å². The second kappa shape index (κ2) is 5.18. The summed E-state index contributed by atoms with van der Waals surface area (Å²) in [5.74, 6) is 1.67. The lowest BCUT2D eigenvalue weighted by Gasteiger charge is -2.08. The van der Waals surface area contributed by atoms with Gasteiger partial charge in [-0.2, -0.15) is 5.26 Å². The van der Waals surface area contributed by atoms with E-state index in [1.165, 1.54) is 0 Å². The highest BCUT2D eigenvalue weighted by Gasteiger charge is 2.08. The van der Waals surface area contributed by atoms with Crippen molar-refractivity contribution in [1.29, 1.82) is 5.26 Å². The predicted molar refractivity (Wildman–Crippen MR) is 64.0 cm³/mol. The van der Waals surface area contributed by atoms with Gasteiger partial charge < -0.3 is 0 Å². The van der Waals surface area contributed by atoms with Crippen LogP contribution in [0.25, 0.3) is 0 Å². The molecule has 0 aliphatic heterocycles. The molecule has 0 atom stereocenters. The Balaban J connectivity index is 3.00. The van der Waals surface area contributed by atoms with Crippen molar-refractivity contribution in [2.24, 2.45) is 5.92 Å². The summed E-state index contributed by atoms with van der Waals surface area (Å²) in [6, 6.07) is 4.23. The van der Waals surface area contributed by atoms with Crippen LogP contribution in [0.2, 0.25) is 0 Å². The summed E-state index contributed by atoms with van der Waals surface area (Å²) >= 11 is 1.75. The fourth-order valence-electron chi connectivity index (χ4n) is 1.30. The summed E-state index contributed by atoms with van der Waals surface area (Å²) in [5, 5.41) is 9.05. The van der Waals surface area contributed by atoms with Crippen LogP contribution in [-0.4, -0.2) is 10.7 Å². The van der Waals surface area contributed by atoms with E-state index in [4.69, 9.17) is 5.26 Å². The Kier molecular flexibility index (Phi) is 4.16. The van der Waals surface area contributed by atoms with Crippen LogP contribution in [0.3, 0.4) is 0 Å². The van der Waals surface area contributed by atoms with Gasteiger partial charge in [-0.3, -0.25) is 4.98 Å². The molecule has 0 aliphatic carbocycles. The van der Waals surface area contributed by atoms with E-state index in [1.807, 2.05) is 19.9 Å². The molecule has 15 heavy (non-hydrogen) atoms. The summed E-state index contributed by atoms with van der Waals surface area (Å²) < 4.78 is 0. The van der Waals surface area contributed by atoms with E-state index in [0.29, 0.717) is 5.92 Å². The number of rotatable bonds is 3. The molecule has 0 aromatic carbocycles. The molecule has 1 aromatic rings. The van der Waals surface area contributed by atoms with Crippen LogP contribution in [0.4, 0.5) is 0 Å². The van der Waals surface area contributed by atoms with E-state index >= 15 is 0 Å². The van der Waals surface area contributed by atoms with Crippen LogP contribution in [-0.2, 0) is 0 Å². The third-order valence-corrected chi connectivity index (χ3v) is 3.44. The normalized spacial score (nSPS) is 10.4. The van der Waals surface area contributed by atoms with Crippen molar-refractivity contribution in [3.8, 4) is 6.07 Å². The number of pyridine rings is 1. The molecule has 1 heterocycles. The molecule has 2 nitrogen and oxygen atoms in total. The van der Waals surface area contributed by atoms with E-state index in [2.05, 4.69) is 24.9 Å². The molecule has 0 amide bonds. The van der Waals surface area contributed by atoms with Gasteiger partial charge in [0.25, 0.3) is 0 Å². The van der Waals surface area contributed by atoms with E-state index in [-0.39, 0.29) is 0 Å². The molecular weight excluding hydrogens is 204 g/mol. The molecule has 0 fully saturated rings. The molecule has 0 bridgehead atoms. The molecule has 3 heteroatoms. The number of aryl methyl sites for hydroxylation is 2. The number of nitriles is 1. The Bertz CT molecular complexity index is 391. The smallest absolute Gasteiger partial charge is 0.102 e. The summed E-state index contributed by atoms with van der Waals surface area (Å²) in [7, 11) is 0. The molecule has 0 unspecified atom stereocenters. The van der Waals surface area contributed by atoms with E-state index in [9.17, 15) is 0 Å². The Hall–Kier alpha value is -1.01. The van der Waals surface area contributed by atoms with Gasteiger partial charge in [-0.1, -0.05) is 13.8 Å². The molecular formula is C12H16N2S. The average molecular weight is 220 g/mol. The summed E-state index contributed by atoms with van der Waals surface area (Å²) in [4.78, 5) is 5.36. The maximum absolute atomic E-state index is 9.05. The Morgan fingerprint density at radius 1 is 1.47 bits per heavy atom. The number of aromatic nitrogens is 1. The van der Waals surface area contributed by atoms with Gasteiger partial charge in [0.1, 0.15) is 6.07 Å². The van der Waals surface area contributed by atoms with Gasteiger partial charge in [-0.25, -0.2) is 0 Å². The zero-order valence-corrected chi connectivity index (χ0v) is 10.5. The predicted octanol–water partition coefficient (Wildman–Crippen LogP) is 3.32. The third-order valence-electron chi connectivity index (χ3n) is 1.98. The second-order valence-electron chi connectivity index (χ2n) is 4.04. The standard InChI is InChI=1S/C12H16N2S/c1-8(2)7-15-12-5-9(3)14-10(4)11(12)6-13/h5,8H,7H2,1-4H3. The topological polar surface area (TPSA) is 36.7 Å². The first-order chi connectivity index (χ1) is 7.04. The van der Waals surface area contributed by atoms with Gasteiger partial charge in [-0.05, 0) is 25.8 Å². The fourth-order valence-corrected chi connectivity index (χ4v) is 2.40. The first-order valence-electron chi connectivity index (χ1n) is 5.05. The van der Waals surface area contributed by atoms with Crippen LogP contribution in [0, 0.1) is 31.1 Å². The highest BCUT2D eigenvalue weighted by molar-refractivity contribution is 7.99. The van der Waals surface area contributed by atoms with Crippen LogP contribution in [0.1, 0.15) is 30.8 Å². The van der Waals surface area contributed by atoms with Crippen molar-refractivity contribution < 1.29 is 0 Å². The zero-order valence-electron chi connectivity index (χ0n) is 9.66. The van der Waals surface area contributed by atoms with Crippen LogP contribution >= 0.6 is 11.8 Å². The highest BCUT2D eigenvalue weighted by Crippen LogP contribution is 2.26. The lowest BCUT2D eigenvalue weighted by molar-refractivity contribution is 0.750.